The predicted octanol–water partition coefficient (Wildman–Crippen LogP) is 3.77. The Balaban J connectivity index is 1.50. The van der Waals surface area contributed by atoms with E-state index in [2.05, 4.69) is 10.1 Å². The van der Waals surface area contributed by atoms with Crippen LogP contribution in [0.2, 0.25) is 0 Å². The van der Waals surface area contributed by atoms with Gasteiger partial charge in [0.15, 0.2) is 11.5 Å². The molecule has 1 spiro atoms. The molecule has 0 bridgehead atoms. The average molecular weight is 353 g/mol. The summed E-state index contributed by atoms with van der Waals surface area (Å²) in [6.07, 6.45) is 3.94. The van der Waals surface area contributed by atoms with Gasteiger partial charge in [-0.2, -0.15) is 0 Å². The Labute approximate surface area is 151 Å². The second-order valence-corrected chi connectivity index (χ2v) is 6.51. The lowest BCUT2D eigenvalue weighted by Crippen LogP contribution is -2.34. The first-order valence-electron chi connectivity index (χ1n) is 8.60. The van der Waals surface area contributed by atoms with Crippen LogP contribution in [0.25, 0.3) is 0 Å². The SMILES string of the molecule is COC(=O)c1cccc(C(=O)Nc2ccc3c(c2)OC2(CCCC2)O3)c1. The van der Waals surface area contributed by atoms with Gasteiger partial charge in [0.1, 0.15) is 0 Å². The monoisotopic (exact) mass is 353 g/mol. The molecule has 4 rings (SSSR count). The first-order valence-corrected chi connectivity index (χ1v) is 8.60. The zero-order chi connectivity index (χ0) is 18.1. The van der Waals surface area contributed by atoms with Gasteiger partial charge in [0.25, 0.3) is 11.7 Å². The van der Waals surface area contributed by atoms with Gasteiger partial charge in [-0.05, 0) is 43.2 Å². The van der Waals surface area contributed by atoms with Crippen LogP contribution in [0, 0.1) is 0 Å². The molecule has 2 aromatic carbocycles. The number of carbonyl (C=O) groups excluding carboxylic acids is 2. The Bertz CT molecular complexity index is 870. The maximum atomic E-state index is 12.5. The van der Waals surface area contributed by atoms with Crippen molar-refractivity contribution in [3.05, 3.63) is 53.6 Å². The van der Waals surface area contributed by atoms with Crippen LogP contribution >= 0.6 is 0 Å². The fraction of sp³-hybridized carbons (Fsp3) is 0.300. The summed E-state index contributed by atoms with van der Waals surface area (Å²) in [6, 6.07) is 11.7. The highest BCUT2D eigenvalue weighted by Crippen LogP contribution is 2.47. The molecule has 1 aliphatic heterocycles. The normalized spacial score (nSPS) is 16.5. The molecule has 6 heteroatoms. The summed E-state index contributed by atoms with van der Waals surface area (Å²) < 4.78 is 16.7. The van der Waals surface area contributed by atoms with E-state index >= 15 is 0 Å². The standard InChI is InChI=1S/C20H19NO5/c1-24-19(23)14-6-4-5-13(11-14)18(22)21-15-7-8-16-17(12-15)26-20(25-16)9-2-3-10-20/h4-8,11-12H,2-3,9-10H2,1H3,(H,21,22). The van der Waals surface area contributed by atoms with E-state index in [4.69, 9.17) is 9.47 Å². The number of anilines is 1. The fourth-order valence-corrected chi connectivity index (χ4v) is 3.40. The summed E-state index contributed by atoms with van der Waals surface area (Å²) >= 11 is 0. The second-order valence-electron chi connectivity index (χ2n) is 6.51. The van der Waals surface area contributed by atoms with Gasteiger partial charge < -0.3 is 19.5 Å². The zero-order valence-corrected chi connectivity index (χ0v) is 14.4. The smallest absolute Gasteiger partial charge is 0.337 e. The van der Waals surface area contributed by atoms with E-state index in [1.165, 1.54) is 13.2 Å². The molecule has 0 radical (unpaired) electrons. The number of rotatable bonds is 3. The van der Waals surface area contributed by atoms with Gasteiger partial charge >= 0.3 is 5.97 Å². The Morgan fingerprint density at radius 1 is 1.00 bits per heavy atom. The number of ether oxygens (including phenoxy) is 3. The van der Waals surface area contributed by atoms with Crippen LogP contribution in [0.15, 0.2) is 42.5 Å². The quantitative estimate of drug-likeness (QED) is 0.851. The van der Waals surface area contributed by atoms with Crippen molar-refractivity contribution in [1.29, 1.82) is 0 Å². The molecular formula is C20H19NO5. The lowest BCUT2D eigenvalue weighted by atomic mass is 10.1. The lowest BCUT2D eigenvalue weighted by molar-refractivity contribution is -0.0716. The first kappa shape index (κ1) is 16.4. The summed E-state index contributed by atoms with van der Waals surface area (Å²) in [5.74, 6) is 0.0279. The third-order valence-electron chi connectivity index (χ3n) is 4.70. The highest BCUT2D eigenvalue weighted by atomic mass is 16.7. The Kier molecular flexibility index (Phi) is 4.03. The first-order chi connectivity index (χ1) is 12.6. The summed E-state index contributed by atoms with van der Waals surface area (Å²) in [5.41, 5.74) is 1.31. The average Bonchev–Trinajstić information content (AvgIpc) is 3.26. The number of hydrogen-bond donors (Lipinski definition) is 1. The molecule has 0 saturated heterocycles. The number of amides is 1. The Hall–Kier alpha value is -3.02. The van der Waals surface area contributed by atoms with Crippen molar-refractivity contribution < 1.29 is 23.8 Å². The van der Waals surface area contributed by atoms with E-state index in [-0.39, 0.29) is 5.91 Å². The maximum Gasteiger partial charge on any atom is 0.337 e. The van der Waals surface area contributed by atoms with Crippen molar-refractivity contribution in [2.45, 2.75) is 31.5 Å². The molecule has 1 amide bonds. The fourth-order valence-electron chi connectivity index (χ4n) is 3.40. The van der Waals surface area contributed by atoms with E-state index in [1.807, 2.05) is 6.07 Å². The summed E-state index contributed by atoms with van der Waals surface area (Å²) in [6.45, 7) is 0. The van der Waals surface area contributed by atoms with Crippen molar-refractivity contribution in [3.8, 4) is 11.5 Å². The molecule has 0 atom stereocenters. The van der Waals surface area contributed by atoms with Gasteiger partial charge in [-0.25, -0.2) is 4.79 Å². The van der Waals surface area contributed by atoms with Crippen LogP contribution in [-0.2, 0) is 4.74 Å². The summed E-state index contributed by atoms with van der Waals surface area (Å²) in [5, 5.41) is 2.82. The van der Waals surface area contributed by atoms with Gasteiger partial charge in [0.05, 0.1) is 12.7 Å². The number of fused-ring (bicyclic) bond motifs is 1. The van der Waals surface area contributed by atoms with E-state index in [1.54, 1.807) is 30.3 Å². The van der Waals surface area contributed by atoms with Crippen LogP contribution in [0.4, 0.5) is 5.69 Å². The van der Waals surface area contributed by atoms with Crippen molar-refractivity contribution in [1.82, 2.24) is 0 Å². The Morgan fingerprint density at radius 2 is 1.73 bits per heavy atom. The minimum absolute atomic E-state index is 0.315. The molecule has 134 valence electrons. The third kappa shape index (κ3) is 2.98. The number of esters is 1. The molecule has 1 fully saturated rings. The van der Waals surface area contributed by atoms with Gasteiger partial charge in [0, 0.05) is 30.2 Å². The number of carbonyl (C=O) groups is 2. The van der Waals surface area contributed by atoms with Crippen LogP contribution in [0.3, 0.4) is 0 Å². The molecule has 1 saturated carbocycles. The molecular weight excluding hydrogens is 334 g/mol. The van der Waals surface area contributed by atoms with Crippen LogP contribution < -0.4 is 14.8 Å². The molecule has 0 aromatic heterocycles. The molecule has 2 aliphatic rings. The Morgan fingerprint density at radius 3 is 2.50 bits per heavy atom. The third-order valence-corrected chi connectivity index (χ3v) is 4.70. The van der Waals surface area contributed by atoms with Gasteiger partial charge in [-0.15, -0.1) is 0 Å². The van der Waals surface area contributed by atoms with Crippen LogP contribution in [0.5, 0.6) is 11.5 Å². The number of hydrogen-bond acceptors (Lipinski definition) is 5. The van der Waals surface area contributed by atoms with Gasteiger partial charge in [-0.3, -0.25) is 4.79 Å². The van der Waals surface area contributed by atoms with E-state index in [9.17, 15) is 9.59 Å². The molecule has 26 heavy (non-hydrogen) atoms. The largest absolute Gasteiger partial charge is 0.465 e. The van der Waals surface area contributed by atoms with E-state index in [0.717, 1.165) is 25.7 Å². The highest BCUT2D eigenvalue weighted by molar-refractivity contribution is 6.05. The second kappa shape index (κ2) is 6.37. The maximum absolute atomic E-state index is 12.5. The zero-order valence-electron chi connectivity index (χ0n) is 14.4. The molecule has 1 N–H and O–H groups in total. The molecule has 1 heterocycles. The van der Waals surface area contributed by atoms with Crippen molar-refractivity contribution in [3.63, 3.8) is 0 Å². The van der Waals surface area contributed by atoms with Gasteiger partial charge in [-0.1, -0.05) is 6.07 Å². The van der Waals surface area contributed by atoms with Crippen LogP contribution in [0.1, 0.15) is 46.4 Å². The van der Waals surface area contributed by atoms with Crippen molar-refractivity contribution in [2.24, 2.45) is 0 Å². The van der Waals surface area contributed by atoms with Gasteiger partial charge in [0.2, 0.25) is 0 Å². The molecule has 1 aliphatic carbocycles. The predicted molar refractivity (Wildman–Crippen MR) is 94.6 cm³/mol. The summed E-state index contributed by atoms with van der Waals surface area (Å²) in [7, 11) is 1.30. The minimum atomic E-state index is -0.528. The summed E-state index contributed by atoms with van der Waals surface area (Å²) in [4.78, 5) is 24.1. The highest BCUT2D eigenvalue weighted by Gasteiger charge is 2.44. The van der Waals surface area contributed by atoms with E-state index in [0.29, 0.717) is 28.3 Å². The minimum Gasteiger partial charge on any atom is -0.465 e. The molecule has 2 aromatic rings. The molecule has 6 nitrogen and oxygen atoms in total. The number of benzene rings is 2. The van der Waals surface area contributed by atoms with Crippen LogP contribution in [-0.4, -0.2) is 24.8 Å². The van der Waals surface area contributed by atoms with E-state index < -0.39 is 11.8 Å². The van der Waals surface area contributed by atoms with Crippen molar-refractivity contribution >= 4 is 17.6 Å². The number of nitrogens with one attached hydrogen (secondary N) is 1. The van der Waals surface area contributed by atoms with Crippen molar-refractivity contribution in [2.75, 3.05) is 12.4 Å². The molecule has 0 unspecified atom stereocenters. The lowest BCUT2D eigenvalue weighted by Gasteiger charge is -2.21. The number of methoxy groups -OCH3 is 1. The topological polar surface area (TPSA) is 73.9 Å².